The summed E-state index contributed by atoms with van der Waals surface area (Å²) in [5.74, 6) is 0.172. The highest BCUT2D eigenvalue weighted by molar-refractivity contribution is 5.79. The standard InChI is InChI=1S/C19H27N3O4/c1-14-12-21(13-19(2,3)26-14)18(23)15-8-10-20(11-9-15)16-6-4-5-7-17(16)22(24)25/h4-7,14-15H,8-13H2,1-3H3. The van der Waals surface area contributed by atoms with Crippen molar-refractivity contribution in [2.45, 2.75) is 45.3 Å². The Morgan fingerprint density at radius 3 is 2.54 bits per heavy atom. The molecule has 2 aliphatic heterocycles. The van der Waals surface area contributed by atoms with Crippen molar-refractivity contribution >= 4 is 17.3 Å². The number of nitro benzene ring substituents is 1. The van der Waals surface area contributed by atoms with E-state index in [1.54, 1.807) is 12.1 Å². The minimum Gasteiger partial charge on any atom is -0.369 e. The normalized spacial score (nSPS) is 23.7. The first-order chi connectivity index (χ1) is 12.3. The molecule has 1 aromatic carbocycles. The molecule has 1 amide bonds. The van der Waals surface area contributed by atoms with Crippen LogP contribution < -0.4 is 4.90 Å². The van der Waals surface area contributed by atoms with Gasteiger partial charge in [-0.05, 0) is 39.7 Å². The van der Waals surface area contributed by atoms with Crippen LogP contribution in [0.1, 0.15) is 33.6 Å². The van der Waals surface area contributed by atoms with Gasteiger partial charge in [-0.15, -0.1) is 0 Å². The van der Waals surface area contributed by atoms with E-state index in [4.69, 9.17) is 4.74 Å². The van der Waals surface area contributed by atoms with Crippen molar-refractivity contribution in [1.82, 2.24) is 4.90 Å². The molecule has 2 saturated heterocycles. The number of carbonyl (C=O) groups is 1. The SMILES string of the molecule is CC1CN(C(=O)C2CCN(c3ccccc3[N+](=O)[O-])CC2)CC(C)(C)O1. The fourth-order valence-corrected chi connectivity index (χ4v) is 4.13. The van der Waals surface area contributed by atoms with E-state index in [1.807, 2.05) is 36.6 Å². The summed E-state index contributed by atoms with van der Waals surface area (Å²) in [5, 5.41) is 11.2. The van der Waals surface area contributed by atoms with Crippen molar-refractivity contribution in [3.63, 3.8) is 0 Å². The number of amides is 1. The Morgan fingerprint density at radius 1 is 1.27 bits per heavy atom. The van der Waals surface area contributed by atoms with Gasteiger partial charge in [0.05, 0.1) is 16.6 Å². The smallest absolute Gasteiger partial charge is 0.292 e. The van der Waals surface area contributed by atoms with Gasteiger partial charge in [0.1, 0.15) is 5.69 Å². The third-order valence-electron chi connectivity index (χ3n) is 5.14. The molecular formula is C19H27N3O4. The molecule has 2 fully saturated rings. The zero-order valence-electron chi connectivity index (χ0n) is 15.7. The summed E-state index contributed by atoms with van der Waals surface area (Å²) in [7, 11) is 0. The topological polar surface area (TPSA) is 75.9 Å². The van der Waals surface area contributed by atoms with Gasteiger partial charge in [-0.25, -0.2) is 0 Å². The molecule has 7 heteroatoms. The predicted molar refractivity (Wildman–Crippen MR) is 99.2 cm³/mol. The Hall–Kier alpha value is -2.15. The van der Waals surface area contributed by atoms with Gasteiger partial charge in [0, 0.05) is 38.2 Å². The molecule has 0 N–H and O–H groups in total. The van der Waals surface area contributed by atoms with Crippen LogP contribution in [0, 0.1) is 16.0 Å². The second kappa shape index (κ2) is 7.23. The molecule has 1 atom stereocenters. The Balaban J connectivity index is 1.64. The van der Waals surface area contributed by atoms with E-state index in [-0.39, 0.29) is 34.1 Å². The van der Waals surface area contributed by atoms with Crippen LogP contribution in [-0.4, -0.2) is 53.6 Å². The van der Waals surface area contributed by atoms with Gasteiger partial charge in [0.2, 0.25) is 5.91 Å². The highest BCUT2D eigenvalue weighted by atomic mass is 16.6. The summed E-state index contributed by atoms with van der Waals surface area (Å²) in [6, 6.07) is 6.81. The average molecular weight is 361 g/mol. The highest BCUT2D eigenvalue weighted by Crippen LogP contribution is 2.32. The number of nitrogens with zero attached hydrogens (tertiary/aromatic N) is 3. The zero-order chi connectivity index (χ0) is 18.9. The number of nitro groups is 1. The Labute approximate surface area is 154 Å². The summed E-state index contributed by atoms with van der Waals surface area (Å²) in [4.78, 5) is 27.8. The number of piperidine rings is 1. The quantitative estimate of drug-likeness (QED) is 0.611. The summed E-state index contributed by atoms with van der Waals surface area (Å²) in [6.45, 7) is 8.58. The molecule has 2 aliphatic rings. The Morgan fingerprint density at radius 2 is 1.92 bits per heavy atom. The van der Waals surface area contributed by atoms with Gasteiger partial charge in [-0.1, -0.05) is 12.1 Å². The number of benzene rings is 1. The van der Waals surface area contributed by atoms with E-state index in [1.165, 1.54) is 6.07 Å². The highest BCUT2D eigenvalue weighted by Gasteiger charge is 2.37. The van der Waals surface area contributed by atoms with Crippen LogP contribution in [0.25, 0.3) is 0 Å². The number of hydrogen-bond acceptors (Lipinski definition) is 5. The third-order valence-corrected chi connectivity index (χ3v) is 5.14. The lowest BCUT2D eigenvalue weighted by Gasteiger charge is -2.43. The molecule has 0 bridgehead atoms. The van der Waals surface area contributed by atoms with Gasteiger partial charge in [0.25, 0.3) is 5.69 Å². The molecule has 0 aromatic heterocycles. The molecule has 3 rings (SSSR count). The lowest BCUT2D eigenvalue weighted by Crippen LogP contribution is -2.55. The van der Waals surface area contributed by atoms with E-state index < -0.39 is 0 Å². The first-order valence-corrected chi connectivity index (χ1v) is 9.22. The van der Waals surface area contributed by atoms with E-state index in [9.17, 15) is 14.9 Å². The van der Waals surface area contributed by atoms with E-state index in [2.05, 4.69) is 0 Å². The van der Waals surface area contributed by atoms with Gasteiger partial charge in [-0.3, -0.25) is 14.9 Å². The average Bonchev–Trinajstić information content (AvgIpc) is 2.59. The van der Waals surface area contributed by atoms with E-state index in [0.29, 0.717) is 31.9 Å². The second-order valence-electron chi connectivity index (χ2n) is 7.91. The first kappa shape index (κ1) is 18.6. The Bertz CT molecular complexity index is 683. The largest absolute Gasteiger partial charge is 0.369 e. The molecule has 0 radical (unpaired) electrons. The summed E-state index contributed by atoms with van der Waals surface area (Å²) < 4.78 is 5.89. The maximum atomic E-state index is 12.9. The second-order valence-corrected chi connectivity index (χ2v) is 7.91. The van der Waals surface area contributed by atoms with E-state index in [0.717, 1.165) is 12.8 Å². The molecule has 1 aromatic rings. The van der Waals surface area contributed by atoms with Crippen LogP contribution in [0.5, 0.6) is 0 Å². The molecule has 7 nitrogen and oxygen atoms in total. The molecule has 142 valence electrons. The van der Waals surface area contributed by atoms with Gasteiger partial charge < -0.3 is 14.5 Å². The molecule has 0 spiro atoms. The van der Waals surface area contributed by atoms with Crippen molar-refractivity contribution in [3.8, 4) is 0 Å². The lowest BCUT2D eigenvalue weighted by atomic mass is 9.93. The van der Waals surface area contributed by atoms with Gasteiger partial charge in [0.15, 0.2) is 0 Å². The van der Waals surface area contributed by atoms with Crippen LogP contribution in [0.3, 0.4) is 0 Å². The maximum Gasteiger partial charge on any atom is 0.292 e. The van der Waals surface area contributed by atoms with Crippen LogP contribution >= 0.6 is 0 Å². The molecule has 0 aliphatic carbocycles. The number of anilines is 1. The minimum absolute atomic E-state index is 0.0184. The molecule has 0 saturated carbocycles. The number of hydrogen-bond donors (Lipinski definition) is 0. The molecule has 26 heavy (non-hydrogen) atoms. The van der Waals surface area contributed by atoms with Crippen molar-refractivity contribution in [2.24, 2.45) is 5.92 Å². The lowest BCUT2D eigenvalue weighted by molar-refractivity contribution is -0.384. The summed E-state index contributed by atoms with van der Waals surface area (Å²) >= 11 is 0. The van der Waals surface area contributed by atoms with Crippen molar-refractivity contribution in [1.29, 1.82) is 0 Å². The van der Waals surface area contributed by atoms with Crippen LogP contribution in [0.15, 0.2) is 24.3 Å². The first-order valence-electron chi connectivity index (χ1n) is 9.22. The van der Waals surface area contributed by atoms with Gasteiger partial charge >= 0.3 is 0 Å². The zero-order valence-corrected chi connectivity index (χ0v) is 15.7. The van der Waals surface area contributed by atoms with Crippen LogP contribution in [0.2, 0.25) is 0 Å². The molecule has 1 unspecified atom stereocenters. The van der Waals surface area contributed by atoms with Crippen molar-refractivity contribution in [3.05, 3.63) is 34.4 Å². The molecular weight excluding hydrogens is 334 g/mol. The van der Waals surface area contributed by atoms with E-state index >= 15 is 0 Å². The number of rotatable bonds is 3. The minimum atomic E-state index is -0.343. The number of ether oxygens (including phenoxy) is 1. The third kappa shape index (κ3) is 3.98. The molecule has 2 heterocycles. The van der Waals surface area contributed by atoms with Gasteiger partial charge in [-0.2, -0.15) is 0 Å². The summed E-state index contributed by atoms with van der Waals surface area (Å²) in [6.07, 6.45) is 1.48. The number of carbonyl (C=O) groups excluding carboxylic acids is 1. The summed E-state index contributed by atoms with van der Waals surface area (Å²) in [5.41, 5.74) is 0.448. The predicted octanol–water partition coefficient (Wildman–Crippen LogP) is 2.84. The van der Waals surface area contributed by atoms with Crippen LogP contribution in [-0.2, 0) is 9.53 Å². The van der Waals surface area contributed by atoms with Crippen LogP contribution in [0.4, 0.5) is 11.4 Å². The fourth-order valence-electron chi connectivity index (χ4n) is 4.13. The maximum absolute atomic E-state index is 12.9. The number of para-hydroxylation sites is 2. The number of morpholine rings is 1. The van der Waals surface area contributed by atoms with Crippen molar-refractivity contribution < 1.29 is 14.5 Å². The monoisotopic (exact) mass is 361 g/mol. The fraction of sp³-hybridized carbons (Fsp3) is 0.632. The van der Waals surface area contributed by atoms with Crippen molar-refractivity contribution in [2.75, 3.05) is 31.1 Å². The Kier molecular flexibility index (Phi) is 5.18.